The maximum Gasteiger partial charge on any atom is 0.313 e. The average molecular weight is 182 g/mol. The van der Waals surface area contributed by atoms with E-state index in [0.29, 0.717) is 0 Å². The largest absolute Gasteiger partial charge is 0.313 e. The van der Waals surface area contributed by atoms with Gasteiger partial charge in [-0.25, -0.2) is 4.79 Å². The second-order valence-electron chi connectivity index (χ2n) is 2.79. The topological polar surface area (TPSA) is 17.1 Å². The van der Waals surface area contributed by atoms with Crippen LogP contribution < -0.4 is 0 Å². The van der Waals surface area contributed by atoms with Gasteiger partial charge in [0.25, 0.3) is 0 Å². The van der Waals surface area contributed by atoms with Crippen molar-refractivity contribution in [3.8, 4) is 0 Å². The van der Waals surface area contributed by atoms with Crippen LogP contribution in [0.4, 0.5) is 17.6 Å². The first kappa shape index (κ1) is 9.26. The zero-order valence-corrected chi connectivity index (χ0v) is 5.99. The Labute approximate surface area is 66.1 Å². The minimum atomic E-state index is -3.96. The Balaban J connectivity index is 2.59. The van der Waals surface area contributed by atoms with Crippen LogP contribution in [0.1, 0.15) is 12.8 Å². The molecule has 1 nitrogen and oxygen atoms in total. The monoisotopic (exact) mass is 182 g/mol. The molecule has 0 heterocycles. The van der Waals surface area contributed by atoms with E-state index in [9.17, 15) is 22.4 Å². The highest BCUT2D eigenvalue weighted by atomic mass is 19.3. The third-order valence-electron chi connectivity index (χ3n) is 1.99. The van der Waals surface area contributed by atoms with E-state index in [1.165, 1.54) is 5.94 Å². The van der Waals surface area contributed by atoms with Crippen molar-refractivity contribution >= 4 is 5.94 Å². The number of allylic oxidation sites excluding steroid dienone is 1. The molecule has 1 aliphatic rings. The summed E-state index contributed by atoms with van der Waals surface area (Å²) in [5.74, 6) is -7.98. The van der Waals surface area contributed by atoms with E-state index < -0.39 is 24.2 Å². The molecule has 1 aliphatic carbocycles. The molecule has 12 heavy (non-hydrogen) atoms. The van der Waals surface area contributed by atoms with Crippen LogP contribution in [0, 0.1) is 5.92 Å². The van der Waals surface area contributed by atoms with E-state index in [1.807, 2.05) is 0 Å². The first-order valence-electron chi connectivity index (χ1n) is 3.37. The molecule has 0 saturated heterocycles. The quantitative estimate of drug-likeness (QED) is 0.471. The molecular weight excluding hydrogens is 176 g/mol. The molecule has 1 atom stereocenters. The molecule has 0 N–H and O–H groups in total. The lowest BCUT2D eigenvalue weighted by Crippen LogP contribution is -2.58. The van der Waals surface area contributed by atoms with Crippen molar-refractivity contribution < 1.29 is 22.4 Å². The Morgan fingerprint density at radius 2 is 2.00 bits per heavy atom. The lowest BCUT2D eigenvalue weighted by atomic mass is 9.75. The van der Waals surface area contributed by atoms with Gasteiger partial charge in [0.1, 0.15) is 5.94 Å². The Bertz CT molecular complexity index is 230. The van der Waals surface area contributed by atoms with Crippen LogP contribution in [0.3, 0.4) is 0 Å². The van der Waals surface area contributed by atoms with Crippen molar-refractivity contribution in [2.45, 2.75) is 24.7 Å². The molecule has 0 aromatic carbocycles. The van der Waals surface area contributed by atoms with E-state index >= 15 is 0 Å². The number of hydrogen-bond donors (Lipinski definition) is 0. The highest BCUT2D eigenvalue weighted by Crippen LogP contribution is 2.56. The number of alkyl halides is 4. The molecular formula is C7H6F4O. The summed E-state index contributed by atoms with van der Waals surface area (Å²) in [5.41, 5.74) is 0. The fourth-order valence-electron chi connectivity index (χ4n) is 1.16. The molecule has 68 valence electrons. The SMILES string of the molecule is O=C=CC[C@@H]1CC(F)(F)C1(F)F. The molecule has 0 aliphatic heterocycles. The summed E-state index contributed by atoms with van der Waals surface area (Å²) in [7, 11) is 0. The second-order valence-corrected chi connectivity index (χ2v) is 2.79. The van der Waals surface area contributed by atoms with Gasteiger partial charge in [-0.3, -0.25) is 0 Å². The van der Waals surface area contributed by atoms with Gasteiger partial charge in [0.15, 0.2) is 0 Å². The number of carbonyl (C=O) groups excluding carboxylic acids is 1. The molecule has 0 aromatic rings. The lowest BCUT2D eigenvalue weighted by Gasteiger charge is -2.43. The molecule has 5 heteroatoms. The fraction of sp³-hybridized carbons (Fsp3) is 0.714. The van der Waals surface area contributed by atoms with Gasteiger partial charge < -0.3 is 0 Å². The average Bonchev–Trinajstić information content (AvgIpc) is 1.97. The normalized spacial score (nSPS) is 30.2. The zero-order valence-electron chi connectivity index (χ0n) is 5.99. The first-order chi connectivity index (χ1) is 5.42. The summed E-state index contributed by atoms with van der Waals surface area (Å²) >= 11 is 0. The molecule has 0 bridgehead atoms. The van der Waals surface area contributed by atoms with Gasteiger partial charge in [-0.1, -0.05) is 0 Å². The minimum Gasteiger partial charge on any atom is -0.234 e. The predicted octanol–water partition coefficient (Wildman–Crippen LogP) is 2.05. The van der Waals surface area contributed by atoms with E-state index in [1.54, 1.807) is 0 Å². The summed E-state index contributed by atoms with van der Waals surface area (Å²) in [6.07, 6.45) is -0.363. The molecule has 1 rings (SSSR count). The highest BCUT2D eigenvalue weighted by Gasteiger charge is 2.70. The van der Waals surface area contributed by atoms with Crippen LogP contribution in [0.2, 0.25) is 0 Å². The van der Waals surface area contributed by atoms with Crippen LogP contribution in [-0.4, -0.2) is 17.8 Å². The summed E-state index contributed by atoms with van der Waals surface area (Å²) in [4.78, 5) is 9.61. The van der Waals surface area contributed by atoms with Crippen LogP contribution >= 0.6 is 0 Å². The Hall–Kier alpha value is -0.830. The lowest BCUT2D eigenvalue weighted by molar-refractivity contribution is -0.312. The number of rotatable bonds is 2. The van der Waals surface area contributed by atoms with Gasteiger partial charge in [-0.2, -0.15) is 17.6 Å². The molecule has 0 radical (unpaired) electrons. The van der Waals surface area contributed by atoms with Gasteiger partial charge in [-0.15, -0.1) is 0 Å². The molecule has 0 spiro atoms. The van der Waals surface area contributed by atoms with Crippen LogP contribution in [0.15, 0.2) is 6.08 Å². The standard InChI is InChI=1S/C7H6F4O/c8-6(9)4-5(2-1-3-12)7(6,10)11/h1,5H,2,4H2/t5-/m1/s1. The Kier molecular flexibility index (Phi) is 2.00. The zero-order chi connectivity index (χ0) is 9.41. The predicted molar refractivity (Wildman–Crippen MR) is 32.9 cm³/mol. The van der Waals surface area contributed by atoms with E-state index in [-0.39, 0.29) is 6.42 Å². The summed E-state index contributed by atoms with van der Waals surface area (Å²) in [6.45, 7) is 0. The molecule has 0 amide bonds. The molecule has 1 saturated carbocycles. The second kappa shape index (κ2) is 2.59. The smallest absolute Gasteiger partial charge is 0.234 e. The van der Waals surface area contributed by atoms with Gasteiger partial charge in [0.2, 0.25) is 0 Å². The van der Waals surface area contributed by atoms with Crippen molar-refractivity contribution in [2.75, 3.05) is 0 Å². The third kappa shape index (κ3) is 1.14. The van der Waals surface area contributed by atoms with Crippen molar-refractivity contribution in [1.29, 1.82) is 0 Å². The van der Waals surface area contributed by atoms with E-state index in [4.69, 9.17) is 0 Å². The number of hydrogen-bond acceptors (Lipinski definition) is 1. The first-order valence-corrected chi connectivity index (χ1v) is 3.37. The van der Waals surface area contributed by atoms with Crippen molar-refractivity contribution in [2.24, 2.45) is 5.92 Å². The van der Waals surface area contributed by atoms with Crippen LogP contribution in [0.5, 0.6) is 0 Å². The van der Waals surface area contributed by atoms with E-state index in [2.05, 4.69) is 0 Å². The van der Waals surface area contributed by atoms with Gasteiger partial charge >= 0.3 is 11.8 Å². The van der Waals surface area contributed by atoms with Crippen molar-refractivity contribution in [3.05, 3.63) is 6.08 Å². The van der Waals surface area contributed by atoms with Crippen molar-refractivity contribution in [1.82, 2.24) is 0 Å². The summed E-state index contributed by atoms with van der Waals surface area (Å²) in [6, 6.07) is 0. The van der Waals surface area contributed by atoms with Crippen LogP contribution in [-0.2, 0) is 4.79 Å². The maximum absolute atomic E-state index is 12.4. The third-order valence-corrected chi connectivity index (χ3v) is 1.99. The fourth-order valence-corrected chi connectivity index (χ4v) is 1.16. The highest BCUT2D eigenvalue weighted by molar-refractivity contribution is 5.44. The van der Waals surface area contributed by atoms with Gasteiger partial charge in [0.05, 0.1) is 0 Å². The molecule has 1 fully saturated rings. The molecule has 0 unspecified atom stereocenters. The van der Waals surface area contributed by atoms with Crippen LogP contribution in [0.25, 0.3) is 0 Å². The molecule has 0 aromatic heterocycles. The van der Waals surface area contributed by atoms with E-state index in [0.717, 1.165) is 6.08 Å². The summed E-state index contributed by atoms with van der Waals surface area (Å²) in [5, 5.41) is 0. The van der Waals surface area contributed by atoms with Gasteiger partial charge in [-0.05, 0) is 6.42 Å². The Morgan fingerprint density at radius 1 is 1.42 bits per heavy atom. The van der Waals surface area contributed by atoms with Gasteiger partial charge in [0, 0.05) is 18.4 Å². The van der Waals surface area contributed by atoms with Crippen molar-refractivity contribution in [3.63, 3.8) is 0 Å². The summed E-state index contributed by atoms with van der Waals surface area (Å²) < 4.78 is 49.1. The maximum atomic E-state index is 12.4. The Morgan fingerprint density at radius 3 is 2.33 bits per heavy atom. The number of halogens is 4. The minimum absolute atomic E-state index is 0.327.